The minimum absolute atomic E-state index is 0.136. The Morgan fingerprint density at radius 3 is 2.64 bits per heavy atom. The van der Waals surface area contributed by atoms with Gasteiger partial charge in [0.15, 0.2) is 0 Å². The highest BCUT2D eigenvalue weighted by molar-refractivity contribution is 8.02. The lowest BCUT2D eigenvalue weighted by molar-refractivity contribution is -0.120. The fourth-order valence-electron chi connectivity index (χ4n) is 5.87. The van der Waals surface area contributed by atoms with E-state index in [0.717, 1.165) is 42.6 Å². The van der Waals surface area contributed by atoms with Gasteiger partial charge in [-0.1, -0.05) is 0 Å². The standard InChI is InChI=1S/C27H34FN5O2S/c1-15-11-23(36-4)22(26(34)31-15)14-30-27(35)24-17(3)33(25-21(24)12-19(28)13-29-25)16(2)18-7-9-32(10-8-18)20-5-6-20/h11-13,16,18,20,22H,5-10,14H2,1-4H3,(H,30,35)/t16-,22?/m1/s1. The number of pyridine rings is 1. The van der Waals surface area contributed by atoms with E-state index in [9.17, 15) is 14.0 Å². The van der Waals surface area contributed by atoms with E-state index in [4.69, 9.17) is 0 Å². The minimum Gasteiger partial charge on any atom is -0.351 e. The first-order chi connectivity index (χ1) is 17.3. The van der Waals surface area contributed by atoms with Crippen LogP contribution in [0.4, 0.5) is 4.39 Å². The number of nitrogens with zero attached hydrogens (tertiary/aromatic N) is 4. The zero-order valence-corrected chi connectivity index (χ0v) is 22.2. The molecule has 1 saturated carbocycles. The quantitative estimate of drug-likeness (QED) is 0.592. The van der Waals surface area contributed by atoms with E-state index in [-0.39, 0.29) is 24.4 Å². The van der Waals surface area contributed by atoms with Crippen molar-refractivity contribution in [1.82, 2.24) is 19.8 Å². The third-order valence-corrected chi connectivity index (χ3v) is 8.86. The van der Waals surface area contributed by atoms with Crippen molar-refractivity contribution >= 4 is 40.3 Å². The lowest BCUT2D eigenvalue weighted by atomic mass is 9.90. The maximum absolute atomic E-state index is 14.3. The van der Waals surface area contributed by atoms with Crippen LogP contribution in [0.15, 0.2) is 28.2 Å². The summed E-state index contributed by atoms with van der Waals surface area (Å²) in [6.07, 6.45) is 9.87. The van der Waals surface area contributed by atoms with Gasteiger partial charge in [-0.15, -0.1) is 11.8 Å². The second-order valence-electron chi connectivity index (χ2n) is 10.3. The highest BCUT2D eigenvalue weighted by Gasteiger charge is 2.35. The number of likely N-dealkylation sites (tertiary alicyclic amines) is 1. The Balaban J connectivity index is 1.40. The molecule has 2 aromatic rings. The molecule has 4 heterocycles. The van der Waals surface area contributed by atoms with Crippen molar-refractivity contribution < 1.29 is 14.0 Å². The van der Waals surface area contributed by atoms with Gasteiger partial charge in [0, 0.05) is 40.3 Å². The predicted molar refractivity (Wildman–Crippen MR) is 142 cm³/mol. The molecule has 0 bridgehead atoms. The van der Waals surface area contributed by atoms with E-state index in [1.165, 1.54) is 36.9 Å². The van der Waals surface area contributed by atoms with Gasteiger partial charge in [0.1, 0.15) is 11.5 Å². The molecule has 3 aliphatic rings. The zero-order valence-electron chi connectivity index (χ0n) is 21.4. The third kappa shape index (κ3) is 4.75. The SMILES string of the molecule is CSC1=CC(C)=NC(=O)C1CNC(=O)c1c(C)n([C@H](C)C2CCN(C3CC3)CC2)c2ncc(F)cc12. The van der Waals surface area contributed by atoms with Crippen LogP contribution >= 0.6 is 11.8 Å². The number of aliphatic imine (C=N–C) groups is 1. The van der Waals surface area contributed by atoms with Gasteiger partial charge in [0.05, 0.1) is 17.7 Å². The Hall–Kier alpha value is -2.52. The lowest BCUT2D eigenvalue weighted by Crippen LogP contribution is -2.37. The van der Waals surface area contributed by atoms with Crippen molar-refractivity contribution in [2.45, 2.75) is 58.5 Å². The molecule has 2 atom stereocenters. The summed E-state index contributed by atoms with van der Waals surface area (Å²) in [5.74, 6) is -1.09. The first-order valence-corrected chi connectivity index (χ1v) is 14.0. The van der Waals surface area contributed by atoms with Crippen LogP contribution in [0.2, 0.25) is 0 Å². The van der Waals surface area contributed by atoms with E-state index in [1.807, 2.05) is 19.3 Å². The third-order valence-electron chi connectivity index (χ3n) is 7.99. The molecule has 0 radical (unpaired) electrons. The molecule has 1 N–H and O–H groups in total. The largest absolute Gasteiger partial charge is 0.351 e. The summed E-state index contributed by atoms with van der Waals surface area (Å²) in [5.41, 5.74) is 2.51. The number of thioether (sulfide) groups is 1. The molecule has 7 nitrogen and oxygen atoms in total. The Bertz CT molecular complexity index is 1260. The number of carbonyl (C=O) groups excluding carboxylic acids is 2. The molecule has 9 heteroatoms. The number of halogens is 1. The molecule has 5 rings (SSSR count). The van der Waals surface area contributed by atoms with E-state index in [1.54, 1.807) is 6.92 Å². The van der Waals surface area contributed by atoms with Gasteiger partial charge in [-0.05, 0) is 83.9 Å². The Labute approximate surface area is 215 Å². The van der Waals surface area contributed by atoms with Gasteiger partial charge in [-0.3, -0.25) is 9.59 Å². The Morgan fingerprint density at radius 1 is 1.25 bits per heavy atom. The number of dihydropyridines is 1. The number of piperidine rings is 1. The highest BCUT2D eigenvalue weighted by Crippen LogP contribution is 2.38. The van der Waals surface area contributed by atoms with E-state index >= 15 is 0 Å². The number of amides is 2. The molecule has 2 aliphatic heterocycles. The maximum atomic E-state index is 14.3. The smallest absolute Gasteiger partial charge is 0.255 e. The summed E-state index contributed by atoms with van der Waals surface area (Å²) >= 11 is 1.49. The molecule has 1 aliphatic carbocycles. The average molecular weight is 512 g/mol. The fraction of sp³-hybridized carbons (Fsp3) is 0.556. The second kappa shape index (κ2) is 10.1. The van der Waals surface area contributed by atoms with Gasteiger partial charge in [-0.2, -0.15) is 0 Å². The summed E-state index contributed by atoms with van der Waals surface area (Å²) in [5, 5.41) is 3.45. The number of rotatable bonds is 7. The number of allylic oxidation sites excluding steroid dienone is 1. The molecule has 2 fully saturated rings. The van der Waals surface area contributed by atoms with Gasteiger partial charge in [0.25, 0.3) is 11.8 Å². The molecule has 2 amide bonds. The van der Waals surface area contributed by atoms with Gasteiger partial charge >= 0.3 is 0 Å². The van der Waals surface area contributed by atoms with Crippen LogP contribution in [0.1, 0.15) is 61.6 Å². The molecular weight excluding hydrogens is 477 g/mol. The molecular formula is C27H34FN5O2S. The van der Waals surface area contributed by atoms with E-state index in [2.05, 4.69) is 31.7 Å². The summed E-state index contributed by atoms with van der Waals surface area (Å²) < 4.78 is 16.4. The molecule has 2 aromatic heterocycles. The average Bonchev–Trinajstić information content (AvgIpc) is 3.66. The van der Waals surface area contributed by atoms with Crippen LogP contribution in [-0.4, -0.2) is 63.9 Å². The first kappa shape index (κ1) is 25.1. The molecule has 1 saturated heterocycles. The number of fused-ring (bicyclic) bond motifs is 1. The van der Waals surface area contributed by atoms with Crippen LogP contribution < -0.4 is 5.32 Å². The Kier molecular flexibility index (Phi) is 7.05. The van der Waals surface area contributed by atoms with Gasteiger partial charge < -0.3 is 14.8 Å². The van der Waals surface area contributed by atoms with Crippen LogP contribution in [0.3, 0.4) is 0 Å². The van der Waals surface area contributed by atoms with Crippen LogP contribution in [-0.2, 0) is 4.79 Å². The summed E-state index contributed by atoms with van der Waals surface area (Å²) in [4.78, 5) is 38.0. The van der Waals surface area contributed by atoms with Crippen LogP contribution in [0.5, 0.6) is 0 Å². The fourth-order valence-corrected chi connectivity index (χ4v) is 6.63. The molecule has 1 unspecified atom stereocenters. The summed E-state index contributed by atoms with van der Waals surface area (Å²) in [7, 11) is 0. The zero-order chi connectivity index (χ0) is 25.6. The molecule has 36 heavy (non-hydrogen) atoms. The highest BCUT2D eigenvalue weighted by atomic mass is 32.2. The van der Waals surface area contributed by atoms with E-state index < -0.39 is 11.7 Å². The van der Waals surface area contributed by atoms with Crippen LogP contribution in [0.25, 0.3) is 11.0 Å². The molecule has 0 aromatic carbocycles. The van der Waals surface area contributed by atoms with Crippen molar-refractivity contribution in [2.75, 3.05) is 25.9 Å². The number of nitrogens with one attached hydrogen (secondary N) is 1. The topological polar surface area (TPSA) is 79.6 Å². The monoisotopic (exact) mass is 511 g/mol. The molecule has 192 valence electrons. The van der Waals surface area contributed by atoms with Crippen molar-refractivity contribution in [3.05, 3.63) is 40.3 Å². The van der Waals surface area contributed by atoms with E-state index in [0.29, 0.717) is 28.2 Å². The van der Waals surface area contributed by atoms with Crippen molar-refractivity contribution in [1.29, 1.82) is 0 Å². The second-order valence-corrected chi connectivity index (χ2v) is 11.2. The number of hydrogen-bond acceptors (Lipinski definition) is 5. The van der Waals surface area contributed by atoms with Crippen molar-refractivity contribution in [2.24, 2.45) is 16.8 Å². The predicted octanol–water partition coefficient (Wildman–Crippen LogP) is 4.51. The first-order valence-electron chi connectivity index (χ1n) is 12.8. The van der Waals surface area contributed by atoms with Gasteiger partial charge in [-0.25, -0.2) is 14.4 Å². The lowest BCUT2D eigenvalue weighted by Gasteiger charge is -2.36. The Morgan fingerprint density at radius 2 is 1.97 bits per heavy atom. The number of carbonyl (C=O) groups is 2. The normalized spacial score (nSPS) is 22.5. The minimum atomic E-state index is -0.508. The van der Waals surface area contributed by atoms with Crippen molar-refractivity contribution in [3.63, 3.8) is 0 Å². The maximum Gasteiger partial charge on any atom is 0.255 e. The number of aromatic nitrogens is 2. The van der Waals surface area contributed by atoms with Crippen LogP contribution in [0, 0.1) is 24.6 Å². The number of hydrogen-bond donors (Lipinski definition) is 1. The summed E-state index contributed by atoms with van der Waals surface area (Å²) in [6.45, 7) is 8.25. The molecule has 0 spiro atoms. The van der Waals surface area contributed by atoms with Gasteiger partial charge in [0.2, 0.25) is 0 Å². The summed E-state index contributed by atoms with van der Waals surface area (Å²) in [6, 6.07) is 2.31. The van der Waals surface area contributed by atoms with Crippen molar-refractivity contribution in [3.8, 4) is 0 Å².